The number of hydrogen-bond donors (Lipinski definition) is 1. The van der Waals surface area contributed by atoms with E-state index in [1.165, 1.54) is 16.1 Å². The Morgan fingerprint density at radius 2 is 1.90 bits per heavy atom. The molecular formula is C17H17BrFN. The maximum atomic E-state index is 13.1. The molecule has 104 valence electrons. The number of rotatable bonds is 4. The quantitative estimate of drug-likeness (QED) is 0.860. The van der Waals surface area contributed by atoms with Crippen LogP contribution in [0.5, 0.6) is 0 Å². The van der Waals surface area contributed by atoms with E-state index in [0.29, 0.717) is 12.0 Å². The fourth-order valence-electron chi connectivity index (χ4n) is 2.75. The van der Waals surface area contributed by atoms with Gasteiger partial charge >= 0.3 is 0 Å². The zero-order chi connectivity index (χ0) is 13.9. The van der Waals surface area contributed by atoms with Crippen LogP contribution in [0, 0.1) is 5.82 Å². The molecule has 0 radical (unpaired) electrons. The Labute approximate surface area is 127 Å². The molecule has 3 rings (SSSR count). The molecule has 0 aromatic heterocycles. The molecule has 20 heavy (non-hydrogen) atoms. The summed E-state index contributed by atoms with van der Waals surface area (Å²) in [5, 5.41) is 3.50. The van der Waals surface area contributed by atoms with Crippen LogP contribution < -0.4 is 5.32 Å². The van der Waals surface area contributed by atoms with Crippen LogP contribution in [0.1, 0.15) is 29.9 Å². The van der Waals surface area contributed by atoms with E-state index in [2.05, 4.69) is 39.4 Å². The predicted octanol–water partition coefficient (Wildman–Crippen LogP) is 4.62. The van der Waals surface area contributed by atoms with Gasteiger partial charge in [0.2, 0.25) is 0 Å². The molecule has 3 heteroatoms. The Bertz CT molecular complexity index is 593. The van der Waals surface area contributed by atoms with Crippen molar-refractivity contribution in [2.45, 2.75) is 31.3 Å². The fourth-order valence-corrected chi connectivity index (χ4v) is 3.36. The molecule has 0 heterocycles. The van der Waals surface area contributed by atoms with Gasteiger partial charge in [0.1, 0.15) is 5.82 Å². The zero-order valence-corrected chi connectivity index (χ0v) is 12.7. The fraction of sp³-hybridized carbons (Fsp3) is 0.294. The highest BCUT2D eigenvalue weighted by molar-refractivity contribution is 9.10. The molecule has 0 atom stereocenters. The third-order valence-electron chi connectivity index (χ3n) is 3.97. The molecule has 0 unspecified atom stereocenters. The van der Waals surface area contributed by atoms with Gasteiger partial charge in [0, 0.05) is 17.1 Å². The minimum absolute atomic E-state index is 0.163. The zero-order valence-electron chi connectivity index (χ0n) is 11.2. The van der Waals surface area contributed by atoms with Gasteiger partial charge in [-0.2, -0.15) is 0 Å². The molecule has 1 N–H and O–H groups in total. The number of benzene rings is 2. The van der Waals surface area contributed by atoms with Gasteiger partial charge in [0.15, 0.2) is 0 Å². The smallest absolute Gasteiger partial charge is 0.123 e. The first-order valence-corrected chi connectivity index (χ1v) is 7.74. The molecule has 1 fully saturated rings. The van der Waals surface area contributed by atoms with Crippen LogP contribution in [0.25, 0.3) is 0 Å². The normalized spacial score (nSPS) is 21.5. The third-order valence-corrected chi connectivity index (χ3v) is 4.69. The standard InChI is InChI=1S/C17H17BrFN/c18-17-7-2-1-6-16(17)13-9-15(10-13)20-11-12-4-3-5-14(19)8-12/h1-8,13,15,20H,9-11H2. The van der Waals surface area contributed by atoms with E-state index >= 15 is 0 Å². The minimum Gasteiger partial charge on any atom is -0.310 e. The maximum absolute atomic E-state index is 13.1. The lowest BCUT2D eigenvalue weighted by Gasteiger charge is -2.37. The van der Waals surface area contributed by atoms with Crippen molar-refractivity contribution in [3.63, 3.8) is 0 Å². The highest BCUT2D eigenvalue weighted by Gasteiger charge is 2.30. The van der Waals surface area contributed by atoms with Crippen molar-refractivity contribution >= 4 is 15.9 Å². The molecule has 0 spiro atoms. The Morgan fingerprint density at radius 3 is 2.65 bits per heavy atom. The van der Waals surface area contributed by atoms with Crippen molar-refractivity contribution in [2.24, 2.45) is 0 Å². The summed E-state index contributed by atoms with van der Waals surface area (Å²) in [6.07, 6.45) is 2.30. The summed E-state index contributed by atoms with van der Waals surface area (Å²) in [5.41, 5.74) is 2.41. The van der Waals surface area contributed by atoms with Gasteiger partial charge in [0.25, 0.3) is 0 Å². The van der Waals surface area contributed by atoms with Crippen molar-refractivity contribution in [1.29, 1.82) is 0 Å². The van der Waals surface area contributed by atoms with Crippen LogP contribution in [0.3, 0.4) is 0 Å². The largest absolute Gasteiger partial charge is 0.310 e. The average molecular weight is 334 g/mol. The first kappa shape index (κ1) is 13.8. The van der Waals surface area contributed by atoms with Gasteiger partial charge in [0.05, 0.1) is 0 Å². The highest BCUT2D eigenvalue weighted by atomic mass is 79.9. The summed E-state index contributed by atoms with van der Waals surface area (Å²) in [4.78, 5) is 0. The van der Waals surface area contributed by atoms with Crippen molar-refractivity contribution in [2.75, 3.05) is 0 Å². The molecule has 0 amide bonds. The Balaban J connectivity index is 1.50. The van der Waals surface area contributed by atoms with Gasteiger partial charge in [-0.3, -0.25) is 0 Å². The molecule has 1 aliphatic carbocycles. The van der Waals surface area contributed by atoms with E-state index in [4.69, 9.17) is 0 Å². The summed E-state index contributed by atoms with van der Waals surface area (Å²) < 4.78 is 14.3. The average Bonchev–Trinajstić information content (AvgIpc) is 2.39. The Hall–Kier alpha value is -1.19. The lowest BCUT2D eigenvalue weighted by atomic mass is 9.76. The monoisotopic (exact) mass is 333 g/mol. The van der Waals surface area contributed by atoms with E-state index < -0.39 is 0 Å². The van der Waals surface area contributed by atoms with Crippen LogP contribution in [0.4, 0.5) is 4.39 Å². The van der Waals surface area contributed by atoms with Crippen LogP contribution in [-0.2, 0) is 6.54 Å². The molecule has 1 aliphatic rings. The molecule has 2 aromatic carbocycles. The van der Waals surface area contributed by atoms with Gasteiger partial charge in [-0.05, 0) is 48.1 Å². The summed E-state index contributed by atoms with van der Waals surface area (Å²) >= 11 is 3.61. The SMILES string of the molecule is Fc1cccc(CNC2CC(c3ccccc3Br)C2)c1. The summed E-state index contributed by atoms with van der Waals surface area (Å²) in [5.74, 6) is 0.472. The second-order valence-corrected chi connectivity index (χ2v) is 6.25. The second kappa shape index (κ2) is 6.06. The van der Waals surface area contributed by atoms with Crippen LogP contribution >= 0.6 is 15.9 Å². The highest BCUT2D eigenvalue weighted by Crippen LogP contribution is 2.40. The summed E-state index contributed by atoms with van der Waals surface area (Å²) in [6, 6.07) is 15.8. The summed E-state index contributed by atoms with van der Waals surface area (Å²) in [6.45, 7) is 0.741. The number of halogens is 2. The van der Waals surface area contributed by atoms with E-state index in [1.54, 1.807) is 12.1 Å². The minimum atomic E-state index is -0.163. The molecular weight excluding hydrogens is 317 g/mol. The Morgan fingerprint density at radius 1 is 1.10 bits per heavy atom. The topological polar surface area (TPSA) is 12.0 Å². The molecule has 0 bridgehead atoms. The number of nitrogens with one attached hydrogen (secondary N) is 1. The van der Waals surface area contributed by atoms with E-state index in [-0.39, 0.29) is 5.82 Å². The van der Waals surface area contributed by atoms with Crippen molar-refractivity contribution in [3.8, 4) is 0 Å². The first-order chi connectivity index (χ1) is 9.72. The predicted molar refractivity (Wildman–Crippen MR) is 83.1 cm³/mol. The van der Waals surface area contributed by atoms with Crippen LogP contribution in [0.15, 0.2) is 53.0 Å². The van der Waals surface area contributed by atoms with Crippen molar-refractivity contribution < 1.29 is 4.39 Å². The van der Waals surface area contributed by atoms with E-state index in [0.717, 1.165) is 24.9 Å². The summed E-state index contributed by atoms with van der Waals surface area (Å²) in [7, 11) is 0. The molecule has 0 aliphatic heterocycles. The van der Waals surface area contributed by atoms with Crippen LogP contribution in [-0.4, -0.2) is 6.04 Å². The van der Waals surface area contributed by atoms with E-state index in [1.807, 2.05) is 12.1 Å². The Kier molecular flexibility index (Phi) is 4.18. The number of hydrogen-bond acceptors (Lipinski definition) is 1. The first-order valence-electron chi connectivity index (χ1n) is 6.94. The molecule has 0 saturated heterocycles. The lowest BCUT2D eigenvalue weighted by Crippen LogP contribution is -2.39. The van der Waals surface area contributed by atoms with Gasteiger partial charge < -0.3 is 5.32 Å². The van der Waals surface area contributed by atoms with Gasteiger partial charge in [-0.15, -0.1) is 0 Å². The molecule has 1 nitrogen and oxygen atoms in total. The lowest BCUT2D eigenvalue weighted by molar-refractivity contribution is 0.289. The van der Waals surface area contributed by atoms with Crippen molar-refractivity contribution in [3.05, 3.63) is 69.9 Å². The molecule has 2 aromatic rings. The van der Waals surface area contributed by atoms with E-state index in [9.17, 15) is 4.39 Å². The van der Waals surface area contributed by atoms with Gasteiger partial charge in [-0.1, -0.05) is 46.3 Å². The van der Waals surface area contributed by atoms with Crippen LogP contribution in [0.2, 0.25) is 0 Å². The molecule has 1 saturated carbocycles. The third kappa shape index (κ3) is 3.10. The van der Waals surface area contributed by atoms with Crippen molar-refractivity contribution in [1.82, 2.24) is 5.32 Å². The van der Waals surface area contributed by atoms with Gasteiger partial charge in [-0.25, -0.2) is 4.39 Å². The maximum Gasteiger partial charge on any atom is 0.123 e. The second-order valence-electron chi connectivity index (χ2n) is 5.40.